The van der Waals surface area contributed by atoms with Gasteiger partial charge in [0.15, 0.2) is 0 Å². The van der Waals surface area contributed by atoms with Crippen LogP contribution in [0.5, 0.6) is 5.75 Å². The number of nitriles is 1. The lowest BCUT2D eigenvalue weighted by atomic mass is 9.89. The van der Waals surface area contributed by atoms with Crippen LogP contribution < -0.4 is 4.74 Å². The Kier molecular flexibility index (Phi) is 3.86. The smallest absolute Gasteiger partial charge is 0.138 e. The van der Waals surface area contributed by atoms with Gasteiger partial charge < -0.3 is 9.47 Å². The van der Waals surface area contributed by atoms with Crippen LogP contribution in [-0.2, 0) is 4.74 Å². The Labute approximate surface area is 119 Å². The van der Waals surface area contributed by atoms with Crippen LogP contribution >= 0.6 is 0 Å². The highest BCUT2D eigenvalue weighted by Crippen LogP contribution is 2.35. The van der Waals surface area contributed by atoms with Crippen LogP contribution in [0.1, 0.15) is 19.3 Å². The molecule has 0 saturated carbocycles. The van der Waals surface area contributed by atoms with Crippen LogP contribution in [0, 0.1) is 11.3 Å². The molecular weight excluding hydrogens is 254 g/mol. The molecule has 2 fully saturated rings. The molecule has 1 spiro atoms. The molecule has 0 aromatic carbocycles. The van der Waals surface area contributed by atoms with Gasteiger partial charge in [0.05, 0.1) is 31.0 Å². The first-order chi connectivity index (χ1) is 9.80. The van der Waals surface area contributed by atoms with Gasteiger partial charge in [-0.2, -0.15) is 5.26 Å². The van der Waals surface area contributed by atoms with Gasteiger partial charge in [0.1, 0.15) is 11.9 Å². The first-order valence-corrected chi connectivity index (χ1v) is 7.10. The van der Waals surface area contributed by atoms with Crippen molar-refractivity contribution in [1.82, 2.24) is 9.88 Å². The van der Waals surface area contributed by atoms with E-state index in [2.05, 4.69) is 16.0 Å². The van der Waals surface area contributed by atoms with Gasteiger partial charge in [0.2, 0.25) is 0 Å². The molecule has 0 bridgehead atoms. The van der Waals surface area contributed by atoms with Crippen molar-refractivity contribution >= 4 is 0 Å². The number of aromatic nitrogens is 1. The highest BCUT2D eigenvalue weighted by Gasteiger charge is 2.44. The zero-order chi connectivity index (χ0) is 13.8. The van der Waals surface area contributed by atoms with Crippen LogP contribution in [0.15, 0.2) is 24.5 Å². The topological polar surface area (TPSA) is 58.4 Å². The van der Waals surface area contributed by atoms with E-state index >= 15 is 0 Å². The fourth-order valence-corrected chi connectivity index (χ4v) is 3.20. The monoisotopic (exact) mass is 273 g/mol. The van der Waals surface area contributed by atoms with Crippen LogP contribution in [0.4, 0.5) is 0 Å². The van der Waals surface area contributed by atoms with E-state index in [1.807, 2.05) is 12.1 Å². The zero-order valence-electron chi connectivity index (χ0n) is 11.5. The van der Waals surface area contributed by atoms with E-state index in [-0.39, 0.29) is 11.7 Å². The van der Waals surface area contributed by atoms with Gasteiger partial charge in [-0.3, -0.25) is 9.88 Å². The summed E-state index contributed by atoms with van der Waals surface area (Å²) >= 11 is 0. The largest absolute Gasteiger partial charge is 0.486 e. The zero-order valence-corrected chi connectivity index (χ0v) is 11.5. The van der Waals surface area contributed by atoms with Crippen LogP contribution in [0.25, 0.3) is 0 Å². The number of hydrogen-bond acceptors (Lipinski definition) is 5. The van der Waals surface area contributed by atoms with Gasteiger partial charge in [-0.05, 0) is 31.5 Å². The Hall–Kier alpha value is -1.64. The molecule has 5 heteroatoms. The number of nitrogens with zero attached hydrogens (tertiary/aromatic N) is 3. The molecule has 0 aliphatic carbocycles. The third-order valence-electron chi connectivity index (χ3n) is 4.03. The molecule has 2 atom stereocenters. The second-order valence-electron chi connectivity index (χ2n) is 5.60. The summed E-state index contributed by atoms with van der Waals surface area (Å²) in [7, 11) is 0. The minimum absolute atomic E-state index is 0.0845. The summed E-state index contributed by atoms with van der Waals surface area (Å²) in [6, 6.07) is 6.01. The minimum atomic E-state index is -0.123. The van der Waals surface area contributed by atoms with Gasteiger partial charge >= 0.3 is 0 Å². The number of rotatable bonds is 3. The van der Waals surface area contributed by atoms with Crippen molar-refractivity contribution in [3.05, 3.63) is 24.5 Å². The van der Waals surface area contributed by atoms with E-state index in [0.29, 0.717) is 13.2 Å². The van der Waals surface area contributed by atoms with Crippen LogP contribution in [-0.4, -0.2) is 47.8 Å². The second-order valence-corrected chi connectivity index (χ2v) is 5.60. The maximum atomic E-state index is 8.83. The first kappa shape index (κ1) is 13.3. The predicted octanol–water partition coefficient (Wildman–Crippen LogP) is 1.61. The molecule has 0 unspecified atom stereocenters. The summed E-state index contributed by atoms with van der Waals surface area (Å²) in [5.41, 5.74) is -0.123. The van der Waals surface area contributed by atoms with Gasteiger partial charge in [-0.15, -0.1) is 0 Å². The molecule has 3 rings (SSSR count). The molecule has 0 radical (unpaired) electrons. The molecule has 20 heavy (non-hydrogen) atoms. The highest BCUT2D eigenvalue weighted by molar-refractivity contribution is 5.16. The predicted molar refractivity (Wildman–Crippen MR) is 73.2 cm³/mol. The number of pyridine rings is 1. The van der Waals surface area contributed by atoms with E-state index in [9.17, 15) is 0 Å². The van der Waals surface area contributed by atoms with Crippen LogP contribution in [0.2, 0.25) is 0 Å². The summed E-state index contributed by atoms with van der Waals surface area (Å²) in [5, 5.41) is 8.83. The standard InChI is InChI=1S/C15H19N3O2/c16-5-8-18-7-2-4-15(12-18)9-14(11-19-15)20-13-3-1-6-17-10-13/h1,3,6,10,14H,2,4,7-9,11-12H2/t14-,15+/m1/s1. The van der Waals surface area contributed by atoms with Crippen molar-refractivity contribution < 1.29 is 9.47 Å². The number of hydrogen-bond donors (Lipinski definition) is 0. The Morgan fingerprint density at radius 1 is 1.60 bits per heavy atom. The average Bonchev–Trinajstić information content (AvgIpc) is 2.83. The molecule has 1 aromatic rings. The van der Waals surface area contributed by atoms with E-state index < -0.39 is 0 Å². The van der Waals surface area contributed by atoms with Crippen molar-refractivity contribution in [2.75, 3.05) is 26.2 Å². The third-order valence-corrected chi connectivity index (χ3v) is 4.03. The SMILES string of the molecule is N#CCN1CCC[C@]2(C[C@@H](Oc3cccnc3)CO2)C1. The normalized spacial score (nSPS) is 30.2. The first-order valence-electron chi connectivity index (χ1n) is 7.10. The number of likely N-dealkylation sites (tertiary alicyclic amines) is 1. The summed E-state index contributed by atoms with van der Waals surface area (Å²) in [6.07, 6.45) is 6.59. The van der Waals surface area contributed by atoms with E-state index in [1.54, 1.807) is 12.4 Å². The van der Waals surface area contributed by atoms with E-state index in [0.717, 1.165) is 38.1 Å². The highest BCUT2D eigenvalue weighted by atomic mass is 16.6. The van der Waals surface area contributed by atoms with Crippen molar-refractivity contribution in [2.24, 2.45) is 0 Å². The van der Waals surface area contributed by atoms with E-state index in [1.165, 1.54) is 0 Å². The van der Waals surface area contributed by atoms with Crippen molar-refractivity contribution in [3.8, 4) is 11.8 Å². The van der Waals surface area contributed by atoms with Gasteiger partial charge in [0, 0.05) is 19.2 Å². The summed E-state index contributed by atoms with van der Waals surface area (Å²) < 4.78 is 12.0. The molecule has 1 aromatic heterocycles. The lowest BCUT2D eigenvalue weighted by Gasteiger charge is -2.38. The molecule has 3 heterocycles. The molecular formula is C15H19N3O2. The van der Waals surface area contributed by atoms with Crippen molar-refractivity contribution in [3.63, 3.8) is 0 Å². The van der Waals surface area contributed by atoms with Crippen molar-refractivity contribution in [1.29, 1.82) is 5.26 Å². The average molecular weight is 273 g/mol. The molecule has 5 nitrogen and oxygen atoms in total. The van der Waals surface area contributed by atoms with Crippen molar-refractivity contribution in [2.45, 2.75) is 31.0 Å². The lowest BCUT2D eigenvalue weighted by Crippen LogP contribution is -2.48. The Bertz CT molecular complexity index is 488. The van der Waals surface area contributed by atoms with Gasteiger partial charge in [-0.1, -0.05) is 0 Å². The van der Waals surface area contributed by atoms with Crippen LogP contribution in [0.3, 0.4) is 0 Å². The molecule has 2 aliphatic rings. The lowest BCUT2D eigenvalue weighted by molar-refractivity contribution is -0.0488. The third kappa shape index (κ3) is 2.92. The number of piperidine rings is 1. The van der Waals surface area contributed by atoms with E-state index in [4.69, 9.17) is 14.7 Å². The second kappa shape index (κ2) is 5.78. The molecule has 0 amide bonds. The summed E-state index contributed by atoms with van der Waals surface area (Å²) in [4.78, 5) is 6.23. The summed E-state index contributed by atoms with van der Waals surface area (Å²) in [5.74, 6) is 0.794. The minimum Gasteiger partial charge on any atom is -0.486 e. The Morgan fingerprint density at radius 2 is 2.55 bits per heavy atom. The maximum Gasteiger partial charge on any atom is 0.138 e. The number of ether oxygens (including phenoxy) is 2. The fraction of sp³-hybridized carbons (Fsp3) is 0.600. The quantitative estimate of drug-likeness (QED) is 0.783. The Morgan fingerprint density at radius 3 is 3.35 bits per heavy atom. The Balaban J connectivity index is 1.60. The fourth-order valence-electron chi connectivity index (χ4n) is 3.20. The molecule has 0 N–H and O–H groups in total. The van der Waals surface area contributed by atoms with Gasteiger partial charge in [0.25, 0.3) is 0 Å². The maximum absolute atomic E-state index is 8.83. The molecule has 2 aliphatic heterocycles. The molecule has 106 valence electrons. The molecule has 2 saturated heterocycles. The van der Waals surface area contributed by atoms with Gasteiger partial charge in [-0.25, -0.2) is 0 Å². The summed E-state index contributed by atoms with van der Waals surface area (Å²) in [6.45, 7) is 2.94.